The number of amides is 4. The molecule has 3 aliphatic rings. The molecule has 2 aliphatic heterocycles. The maximum atomic E-state index is 12.8. The number of carbonyl (C=O) groups is 3. The van der Waals surface area contributed by atoms with E-state index in [4.69, 9.17) is 4.74 Å². The van der Waals surface area contributed by atoms with Crippen molar-refractivity contribution in [2.24, 2.45) is 0 Å². The van der Waals surface area contributed by atoms with Crippen LogP contribution in [0.4, 0.5) is 4.79 Å². The Balaban J connectivity index is 1.47. The molecule has 1 saturated carbocycles. The first kappa shape index (κ1) is 18.9. The van der Waals surface area contributed by atoms with Crippen molar-refractivity contribution < 1.29 is 24.0 Å². The number of hydrogen-bond acceptors (Lipinski definition) is 4. The van der Waals surface area contributed by atoms with Crippen LogP contribution in [0, 0.1) is 0 Å². The van der Waals surface area contributed by atoms with Gasteiger partial charge >= 0.3 is 17.8 Å². The van der Waals surface area contributed by atoms with E-state index in [-0.39, 0.29) is 18.8 Å². The number of nitrogens with one attached hydrogen (secondary N) is 1. The van der Waals surface area contributed by atoms with Gasteiger partial charge in [-0.05, 0) is 44.0 Å². The number of benzene rings is 1. The quantitative estimate of drug-likeness (QED) is 0.594. The van der Waals surface area contributed by atoms with E-state index in [2.05, 4.69) is 12.1 Å². The van der Waals surface area contributed by atoms with Crippen molar-refractivity contribution in [1.29, 1.82) is 0 Å². The Morgan fingerprint density at radius 2 is 1.71 bits per heavy atom. The van der Waals surface area contributed by atoms with Gasteiger partial charge in [0.25, 0.3) is 0 Å². The highest BCUT2D eigenvalue weighted by molar-refractivity contribution is 6.44. The van der Waals surface area contributed by atoms with Crippen LogP contribution >= 0.6 is 0 Å². The predicted octanol–water partition coefficient (Wildman–Crippen LogP) is 1.50. The molecule has 0 bridgehead atoms. The van der Waals surface area contributed by atoms with Gasteiger partial charge in [0.1, 0.15) is 11.8 Å². The highest BCUT2D eigenvalue weighted by atomic mass is 16.5. The van der Waals surface area contributed by atoms with Crippen LogP contribution in [-0.4, -0.2) is 53.5 Å². The van der Waals surface area contributed by atoms with Gasteiger partial charge in [0.05, 0.1) is 13.2 Å². The fraction of sp³-hybridized carbons (Fsp3) is 0.571. The second-order valence-corrected chi connectivity index (χ2v) is 7.89. The average Bonchev–Trinajstić information content (AvgIpc) is 3.42. The molecule has 1 aliphatic carbocycles. The van der Waals surface area contributed by atoms with Crippen LogP contribution in [0.3, 0.4) is 0 Å². The Morgan fingerprint density at radius 1 is 1.00 bits per heavy atom. The summed E-state index contributed by atoms with van der Waals surface area (Å²) in [7, 11) is 0. The first-order valence-corrected chi connectivity index (χ1v) is 10.4. The number of imide groups is 2. The normalized spacial score (nSPS) is 26.0. The lowest BCUT2D eigenvalue weighted by molar-refractivity contribution is -0.925. The lowest BCUT2D eigenvalue weighted by Gasteiger charge is -2.26. The molecule has 7 nitrogen and oxygen atoms in total. The van der Waals surface area contributed by atoms with Crippen LogP contribution in [0.25, 0.3) is 0 Å². The zero-order valence-electron chi connectivity index (χ0n) is 16.4. The molecule has 0 aromatic heterocycles. The maximum absolute atomic E-state index is 12.8. The Morgan fingerprint density at radius 3 is 2.39 bits per heavy atom. The largest absolute Gasteiger partial charge is 0.494 e. The van der Waals surface area contributed by atoms with Crippen LogP contribution in [0.2, 0.25) is 0 Å². The Hall–Kier alpha value is -2.41. The molecule has 28 heavy (non-hydrogen) atoms. The minimum absolute atomic E-state index is 0.107. The second-order valence-electron chi connectivity index (χ2n) is 7.89. The van der Waals surface area contributed by atoms with Gasteiger partial charge in [-0.1, -0.05) is 12.8 Å². The average molecular weight is 386 g/mol. The summed E-state index contributed by atoms with van der Waals surface area (Å²) < 4.78 is 5.51. The number of carbonyl (C=O) groups excluding carboxylic acids is 3. The van der Waals surface area contributed by atoms with E-state index >= 15 is 0 Å². The third-order valence-corrected chi connectivity index (χ3v) is 6.21. The van der Waals surface area contributed by atoms with Crippen LogP contribution < -0.4 is 9.64 Å². The fourth-order valence-corrected chi connectivity index (χ4v) is 4.82. The monoisotopic (exact) mass is 386 g/mol. The summed E-state index contributed by atoms with van der Waals surface area (Å²) in [5.74, 6) is -0.469. The maximum Gasteiger partial charge on any atom is 0.338 e. The molecule has 7 heteroatoms. The Bertz CT molecular complexity index is 757. The lowest BCUT2D eigenvalue weighted by Crippen LogP contribution is -3.12. The topological polar surface area (TPSA) is 71.4 Å². The SMILES string of the molecule is CCOc1ccc([C@H]2CCC[NH+]2CN2C(=O)C(=O)N(C3CCCC3)C2=O)cc1. The number of hydrogen-bond donors (Lipinski definition) is 1. The van der Waals surface area contributed by atoms with E-state index in [0.29, 0.717) is 6.61 Å². The van der Waals surface area contributed by atoms with Gasteiger partial charge < -0.3 is 9.64 Å². The number of ether oxygens (including phenoxy) is 1. The zero-order chi connectivity index (χ0) is 19.7. The van der Waals surface area contributed by atoms with Crippen molar-refractivity contribution >= 4 is 17.8 Å². The van der Waals surface area contributed by atoms with Crippen LogP contribution in [0.1, 0.15) is 57.1 Å². The molecule has 3 fully saturated rings. The van der Waals surface area contributed by atoms with Crippen molar-refractivity contribution in [3.8, 4) is 5.75 Å². The molecule has 1 N–H and O–H groups in total. The molecule has 2 saturated heterocycles. The van der Waals surface area contributed by atoms with E-state index in [1.807, 2.05) is 19.1 Å². The summed E-state index contributed by atoms with van der Waals surface area (Å²) in [6, 6.07) is 7.73. The van der Waals surface area contributed by atoms with Gasteiger partial charge in [0, 0.05) is 24.4 Å². The molecule has 1 unspecified atom stereocenters. The third kappa shape index (κ3) is 3.39. The smallest absolute Gasteiger partial charge is 0.338 e. The van der Waals surface area contributed by atoms with Gasteiger partial charge in [-0.15, -0.1) is 0 Å². The zero-order valence-corrected chi connectivity index (χ0v) is 16.4. The lowest BCUT2D eigenvalue weighted by atomic mass is 10.0. The Labute approximate surface area is 165 Å². The molecule has 1 aromatic carbocycles. The van der Waals surface area contributed by atoms with Crippen molar-refractivity contribution in [2.75, 3.05) is 19.8 Å². The van der Waals surface area contributed by atoms with Crippen molar-refractivity contribution in [1.82, 2.24) is 9.80 Å². The molecular formula is C21H28N3O4+. The van der Waals surface area contributed by atoms with Crippen LogP contribution in [-0.2, 0) is 9.59 Å². The van der Waals surface area contributed by atoms with Crippen molar-refractivity contribution in [3.63, 3.8) is 0 Å². The molecule has 1 aromatic rings. The molecular weight excluding hydrogens is 358 g/mol. The highest BCUT2D eigenvalue weighted by Gasteiger charge is 2.50. The third-order valence-electron chi connectivity index (χ3n) is 6.21. The molecule has 4 rings (SSSR count). The van der Waals surface area contributed by atoms with Crippen molar-refractivity contribution in [3.05, 3.63) is 29.8 Å². The van der Waals surface area contributed by atoms with Gasteiger partial charge in [-0.3, -0.25) is 14.5 Å². The summed E-state index contributed by atoms with van der Waals surface area (Å²) >= 11 is 0. The van der Waals surface area contributed by atoms with Gasteiger partial charge in [0.2, 0.25) is 0 Å². The summed E-state index contributed by atoms with van der Waals surface area (Å²) in [5.41, 5.74) is 1.18. The van der Waals surface area contributed by atoms with E-state index in [0.717, 1.165) is 55.7 Å². The van der Waals surface area contributed by atoms with Gasteiger partial charge in [-0.25, -0.2) is 9.69 Å². The number of urea groups is 1. The van der Waals surface area contributed by atoms with E-state index < -0.39 is 17.8 Å². The van der Waals surface area contributed by atoms with E-state index in [1.165, 1.54) is 15.4 Å². The van der Waals surface area contributed by atoms with Crippen LogP contribution in [0.15, 0.2) is 24.3 Å². The van der Waals surface area contributed by atoms with Gasteiger partial charge in [-0.2, -0.15) is 0 Å². The first-order valence-electron chi connectivity index (χ1n) is 10.4. The number of nitrogens with zero attached hydrogens (tertiary/aromatic N) is 2. The first-order chi connectivity index (χ1) is 13.6. The summed E-state index contributed by atoms with van der Waals surface area (Å²) in [5, 5.41) is 0. The number of likely N-dealkylation sites (tertiary alicyclic amines) is 1. The highest BCUT2D eigenvalue weighted by Crippen LogP contribution is 2.28. The molecule has 4 amide bonds. The van der Waals surface area contributed by atoms with Crippen LogP contribution in [0.5, 0.6) is 5.75 Å². The minimum atomic E-state index is -0.665. The predicted molar refractivity (Wildman–Crippen MR) is 102 cm³/mol. The Kier molecular flexibility index (Phi) is 5.35. The second kappa shape index (κ2) is 7.91. The molecule has 2 heterocycles. The minimum Gasteiger partial charge on any atom is -0.494 e. The fourth-order valence-electron chi connectivity index (χ4n) is 4.82. The number of rotatable bonds is 6. The van der Waals surface area contributed by atoms with E-state index in [1.54, 1.807) is 0 Å². The van der Waals surface area contributed by atoms with E-state index in [9.17, 15) is 14.4 Å². The van der Waals surface area contributed by atoms with Crippen molar-refractivity contribution in [2.45, 2.75) is 57.5 Å². The van der Waals surface area contributed by atoms with Gasteiger partial charge in [0.15, 0.2) is 6.67 Å². The summed E-state index contributed by atoms with van der Waals surface area (Å²) in [6.45, 7) is 3.72. The molecule has 2 atom stereocenters. The molecule has 0 radical (unpaired) electrons. The summed E-state index contributed by atoms with van der Waals surface area (Å²) in [4.78, 5) is 41.3. The standard InChI is InChI=1S/C21H27N3O4/c1-2-28-17-11-9-15(10-12-17)18-8-5-13-22(18)14-23-19(25)20(26)24(21(23)27)16-6-3-4-7-16/h9-12,16,18H,2-8,13-14H2,1H3/p+1/t18-/m1/s1. The molecule has 0 spiro atoms. The molecule has 150 valence electrons. The summed E-state index contributed by atoms with van der Waals surface area (Å²) in [6.07, 6.45) is 5.66. The number of quaternary nitrogens is 1.